The molecule has 0 aliphatic rings. The molecule has 2 aromatic rings. The van der Waals surface area contributed by atoms with E-state index in [1.807, 2.05) is 34.6 Å². The molecule has 0 fully saturated rings. The van der Waals surface area contributed by atoms with E-state index in [9.17, 15) is 9.59 Å². The van der Waals surface area contributed by atoms with Crippen LogP contribution in [0.5, 0.6) is 0 Å². The number of ether oxygens (including phenoxy) is 1. The van der Waals surface area contributed by atoms with Crippen LogP contribution >= 0.6 is 23.1 Å². The van der Waals surface area contributed by atoms with Gasteiger partial charge < -0.3 is 10.1 Å². The highest BCUT2D eigenvalue weighted by Crippen LogP contribution is 2.29. The van der Waals surface area contributed by atoms with E-state index < -0.39 is 0 Å². The highest BCUT2D eigenvalue weighted by molar-refractivity contribution is 7.99. The molecule has 0 radical (unpaired) electrons. The Hall–Kier alpha value is -1.38. The number of rotatable bonds is 7. The number of fused-ring (bicyclic) bond motifs is 1. The molecular formula is C17H25N3O3S2. The van der Waals surface area contributed by atoms with E-state index in [1.54, 1.807) is 11.7 Å². The van der Waals surface area contributed by atoms with Gasteiger partial charge in [-0.25, -0.2) is 4.98 Å². The fraction of sp³-hybridized carbons (Fsp3) is 0.588. The van der Waals surface area contributed by atoms with Gasteiger partial charge in [0.2, 0.25) is 5.91 Å². The summed E-state index contributed by atoms with van der Waals surface area (Å²) in [6.07, 6.45) is 0. The highest BCUT2D eigenvalue weighted by Gasteiger charge is 2.19. The monoisotopic (exact) mass is 383 g/mol. The summed E-state index contributed by atoms with van der Waals surface area (Å²) in [6.45, 7) is 10.2. The van der Waals surface area contributed by atoms with Crippen molar-refractivity contribution in [1.82, 2.24) is 14.9 Å². The number of methoxy groups -OCH3 is 1. The van der Waals surface area contributed by atoms with Crippen molar-refractivity contribution in [3.05, 3.63) is 20.8 Å². The Kier molecular flexibility index (Phi) is 6.65. The normalized spacial score (nSPS) is 12.8. The van der Waals surface area contributed by atoms with Crippen molar-refractivity contribution in [3.8, 4) is 0 Å². The zero-order valence-corrected chi connectivity index (χ0v) is 17.1. The maximum absolute atomic E-state index is 12.9. The van der Waals surface area contributed by atoms with Crippen LogP contribution in [0.4, 0.5) is 0 Å². The van der Waals surface area contributed by atoms with Crippen LogP contribution < -0.4 is 10.9 Å². The van der Waals surface area contributed by atoms with Gasteiger partial charge in [-0.15, -0.1) is 11.3 Å². The molecule has 0 saturated heterocycles. The second kappa shape index (κ2) is 8.33. The van der Waals surface area contributed by atoms with Crippen molar-refractivity contribution < 1.29 is 9.53 Å². The third-order valence-corrected chi connectivity index (χ3v) is 5.93. The molecule has 1 amide bonds. The number of thioether (sulfide) groups is 1. The molecule has 0 spiro atoms. The molecule has 0 saturated carbocycles. The van der Waals surface area contributed by atoms with Gasteiger partial charge in [-0.05, 0) is 40.2 Å². The van der Waals surface area contributed by atoms with E-state index in [4.69, 9.17) is 4.74 Å². The molecular weight excluding hydrogens is 358 g/mol. The quantitative estimate of drug-likeness (QED) is 0.588. The summed E-state index contributed by atoms with van der Waals surface area (Å²) in [7, 11) is 1.60. The first-order chi connectivity index (χ1) is 11.8. The van der Waals surface area contributed by atoms with Gasteiger partial charge in [0.15, 0.2) is 5.16 Å². The molecule has 0 aliphatic heterocycles. The van der Waals surface area contributed by atoms with Crippen LogP contribution in [0.3, 0.4) is 0 Å². The number of thiophene rings is 1. The summed E-state index contributed by atoms with van der Waals surface area (Å²) in [6, 6.07) is -0.0783. The topological polar surface area (TPSA) is 73.2 Å². The fourth-order valence-corrected chi connectivity index (χ4v) is 4.59. The number of aromatic nitrogens is 2. The largest absolute Gasteiger partial charge is 0.383 e. The predicted octanol–water partition coefficient (Wildman–Crippen LogP) is 2.90. The van der Waals surface area contributed by atoms with Gasteiger partial charge in [0.05, 0.1) is 17.7 Å². The molecule has 6 nitrogen and oxygen atoms in total. The van der Waals surface area contributed by atoms with Crippen LogP contribution in [-0.4, -0.2) is 41.0 Å². The molecule has 0 aliphatic carbocycles. The van der Waals surface area contributed by atoms with Crippen LogP contribution in [0, 0.1) is 13.8 Å². The lowest BCUT2D eigenvalue weighted by molar-refractivity contribution is -0.119. The predicted molar refractivity (Wildman–Crippen MR) is 104 cm³/mol. The summed E-state index contributed by atoms with van der Waals surface area (Å²) in [5, 5.41) is 4.15. The zero-order chi connectivity index (χ0) is 18.7. The van der Waals surface area contributed by atoms with Crippen LogP contribution in [-0.2, 0) is 9.53 Å². The van der Waals surface area contributed by atoms with E-state index in [1.165, 1.54) is 23.1 Å². The summed E-state index contributed by atoms with van der Waals surface area (Å²) in [5.74, 6) is 0.111. The van der Waals surface area contributed by atoms with Crippen LogP contribution in [0.1, 0.15) is 37.3 Å². The van der Waals surface area contributed by atoms with Crippen molar-refractivity contribution >= 4 is 39.2 Å². The number of hydrogen-bond acceptors (Lipinski definition) is 6. The maximum atomic E-state index is 12.9. The van der Waals surface area contributed by atoms with E-state index in [0.29, 0.717) is 17.1 Å². The smallest absolute Gasteiger partial charge is 0.263 e. The van der Waals surface area contributed by atoms with Crippen molar-refractivity contribution in [1.29, 1.82) is 0 Å². The van der Waals surface area contributed by atoms with Gasteiger partial charge in [-0.2, -0.15) is 0 Å². The Morgan fingerprint density at radius 3 is 2.64 bits per heavy atom. The van der Waals surface area contributed by atoms with Gasteiger partial charge >= 0.3 is 0 Å². The molecule has 0 aromatic carbocycles. The number of carbonyl (C=O) groups is 1. The second-order valence-corrected chi connectivity index (χ2v) is 8.48. The molecule has 2 rings (SSSR count). The summed E-state index contributed by atoms with van der Waals surface area (Å²) >= 11 is 2.82. The van der Waals surface area contributed by atoms with Crippen LogP contribution in [0.15, 0.2) is 9.95 Å². The van der Waals surface area contributed by atoms with E-state index in [2.05, 4.69) is 10.3 Å². The second-order valence-electron chi connectivity index (χ2n) is 6.34. The first-order valence-corrected chi connectivity index (χ1v) is 9.99. The molecule has 1 N–H and O–H groups in total. The molecule has 138 valence electrons. The van der Waals surface area contributed by atoms with Gasteiger partial charge in [0.1, 0.15) is 4.83 Å². The molecule has 0 bridgehead atoms. The number of amides is 1. The molecule has 1 unspecified atom stereocenters. The Morgan fingerprint density at radius 1 is 1.36 bits per heavy atom. The first-order valence-electron chi connectivity index (χ1n) is 8.19. The molecule has 2 heterocycles. The van der Waals surface area contributed by atoms with Crippen LogP contribution in [0.25, 0.3) is 10.2 Å². The van der Waals surface area contributed by atoms with E-state index in [-0.39, 0.29) is 29.3 Å². The molecule has 2 aromatic heterocycles. The number of aryl methyl sites for hydroxylation is 2. The standard InChI is InChI=1S/C17H25N3O3S2/c1-9(2)20-16(22)14-11(4)12(5)25-15(14)19-17(20)24-8-13(21)18-10(3)7-23-6/h9-10H,7-8H2,1-6H3,(H,18,21). The molecule has 25 heavy (non-hydrogen) atoms. The number of nitrogens with one attached hydrogen (secondary N) is 1. The maximum Gasteiger partial charge on any atom is 0.263 e. The van der Waals surface area contributed by atoms with E-state index in [0.717, 1.165) is 15.3 Å². The minimum atomic E-state index is -0.0993. The van der Waals surface area contributed by atoms with Gasteiger partial charge in [-0.3, -0.25) is 14.2 Å². The zero-order valence-electron chi connectivity index (χ0n) is 15.5. The van der Waals surface area contributed by atoms with Gasteiger partial charge in [-0.1, -0.05) is 11.8 Å². The number of nitrogens with zero attached hydrogens (tertiary/aromatic N) is 2. The summed E-state index contributed by atoms with van der Waals surface area (Å²) in [4.78, 5) is 31.5. The minimum Gasteiger partial charge on any atom is -0.383 e. The number of carbonyl (C=O) groups excluding carboxylic acids is 1. The van der Waals surface area contributed by atoms with E-state index >= 15 is 0 Å². The average Bonchev–Trinajstić information content (AvgIpc) is 2.79. The van der Waals surface area contributed by atoms with Crippen LogP contribution in [0.2, 0.25) is 0 Å². The summed E-state index contributed by atoms with van der Waals surface area (Å²) < 4.78 is 6.70. The average molecular weight is 384 g/mol. The van der Waals surface area contributed by atoms with Crippen molar-refractivity contribution in [2.45, 2.75) is 51.9 Å². The summed E-state index contributed by atoms with van der Waals surface area (Å²) in [5.41, 5.74) is 0.965. The Morgan fingerprint density at radius 2 is 2.04 bits per heavy atom. The lowest BCUT2D eigenvalue weighted by Gasteiger charge is -2.16. The lowest BCUT2D eigenvalue weighted by Crippen LogP contribution is -2.36. The Labute approximate surface area is 156 Å². The highest BCUT2D eigenvalue weighted by atomic mass is 32.2. The minimum absolute atomic E-state index is 0.0259. The van der Waals surface area contributed by atoms with Gasteiger partial charge in [0, 0.05) is 24.1 Å². The first kappa shape index (κ1) is 19.9. The van der Waals surface area contributed by atoms with Crippen molar-refractivity contribution in [2.75, 3.05) is 19.5 Å². The fourth-order valence-electron chi connectivity index (χ4n) is 2.58. The Bertz CT molecular complexity index is 827. The van der Waals surface area contributed by atoms with Crippen molar-refractivity contribution in [2.24, 2.45) is 0 Å². The van der Waals surface area contributed by atoms with Gasteiger partial charge in [0.25, 0.3) is 5.56 Å². The third kappa shape index (κ3) is 4.43. The third-order valence-electron chi connectivity index (χ3n) is 3.88. The number of hydrogen-bond donors (Lipinski definition) is 1. The molecule has 8 heteroatoms. The SMILES string of the molecule is COCC(C)NC(=O)CSc1nc2sc(C)c(C)c2c(=O)n1C(C)C. The molecule has 1 atom stereocenters. The Balaban J connectivity index is 2.30. The lowest BCUT2D eigenvalue weighted by atomic mass is 10.2. The van der Waals surface area contributed by atoms with Crippen molar-refractivity contribution in [3.63, 3.8) is 0 Å².